The van der Waals surface area contributed by atoms with Crippen LogP contribution in [0.3, 0.4) is 0 Å². The average molecular weight is 367 g/mol. The van der Waals surface area contributed by atoms with E-state index < -0.39 is 0 Å². The Balaban J connectivity index is 0.00000208. The third kappa shape index (κ3) is 3.83. The van der Waals surface area contributed by atoms with Crippen molar-refractivity contribution >= 4 is 29.9 Å². The number of hydrogen-bond acceptors (Lipinski definition) is 3. The lowest BCUT2D eigenvalue weighted by Gasteiger charge is -2.37. The van der Waals surface area contributed by atoms with E-state index in [9.17, 15) is 4.79 Å². The highest BCUT2D eigenvalue weighted by atomic mass is 35.5. The minimum absolute atomic E-state index is 0. The number of benzene rings is 2. The van der Waals surface area contributed by atoms with E-state index in [-0.39, 0.29) is 24.4 Å². The molecule has 1 fully saturated rings. The van der Waals surface area contributed by atoms with Crippen LogP contribution in [0.1, 0.15) is 22.0 Å². The van der Waals surface area contributed by atoms with Crippen LogP contribution in [0.25, 0.3) is 0 Å². The maximum atomic E-state index is 12.9. The summed E-state index contributed by atoms with van der Waals surface area (Å²) in [6.45, 7) is 2.13. The molecule has 24 heavy (non-hydrogen) atoms. The monoisotopic (exact) mass is 366 g/mol. The molecule has 0 radical (unpaired) electrons. The molecule has 0 saturated carbocycles. The Bertz CT molecular complexity index is 692. The number of hydrogen-bond donors (Lipinski definition) is 1. The first-order valence-electron chi connectivity index (χ1n) is 7.61. The molecule has 6 heteroatoms. The van der Waals surface area contributed by atoms with Gasteiger partial charge in [-0.15, -0.1) is 12.4 Å². The van der Waals surface area contributed by atoms with Gasteiger partial charge in [-0.25, -0.2) is 0 Å². The van der Waals surface area contributed by atoms with Gasteiger partial charge in [0.15, 0.2) is 0 Å². The number of halogens is 2. The lowest BCUT2D eigenvalue weighted by Crippen LogP contribution is -2.48. The summed E-state index contributed by atoms with van der Waals surface area (Å²) in [6, 6.07) is 14.8. The number of carbonyl (C=O) groups is 1. The predicted octanol–water partition coefficient (Wildman–Crippen LogP) is 3.56. The van der Waals surface area contributed by atoms with E-state index in [1.807, 2.05) is 29.2 Å². The van der Waals surface area contributed by atoms with Crippen LogP contribution in [-0.4, -0.2) is 37.6 Å². The van der Waals surface area contributed by atoms with Gasteiger partial charge >= 0.3 is 0 Å². The van der Waals surface area contributed by atoms with Gasteiger partial charge in [0.05, 0.1) is 13.2 Å². The van der Waals surface area contributed by atoms with Crippen molar-refractivity contribution in [3.8, 4) is 5.75 Å². The standard InChI is InChI=1S/C18H19ClN2O2.ClH/c1-23-14-8-6-13(7-9-14)18(22)21-11-10-20-12-17(21)15-4-2-3-5-16(15)19;/h2-9,17,20H,10-12H2,1H3;1H. The molecule has 0 spiro atoms. The maximum Gasteiger partial charge on any atom is 0.254 e. The van der Waals surface area contributed by atoms with Gasteiger partial charge in [0.1, 0.15) is 5.75 Å². The zero-order valence-corrected chi connectivity index (χ0v) is 14.9. The third-order valence-corrected chi connectivity index (χ3v) is 4.45. The molecular weight excluding hydrogens is 347 g/mol. The van der Waals surface area contributed by atoms with Gasteiger partial charge in [-0.3, -0.25) is 4.79 Å². The van der Waals surface area contributed by atoms with Gasteiger partial charge in [-0.1, -0.05) is 29.8 Å². The quantitative estimate of drug-likeness (QED) is 0.902. The molecule has 1 aliphatic rings. The minimum atomic E-state index is -0.0629. The van der Waals surface area contributed by atoms with E-state index in [1.165, 1.54) is 0 Å². The van der Waals surface area contributed by atoms with E-state index in [4.69, 9.17) is 16.3 Å². The summed E-state index contributed by atoms with van der Waals surface area (Å²) < 4.78 is 5.15. The molecule has 1 heterocycles. The molecule has 1 aliphatic heterocycles. The van der Waals surface area contributed by atoms with E-state index in [1.54, 1.807) is 31.4 Å². The number of ether oxygens (including phenoxy) is 1. The molecule has 1 atom stereocenters. The summed E-state index contributed by atoms with van der Waals surface area (Å²) in [5, 5.41) is 4.03. The van der Waals surface area contributed by atoms with Crippen molar-refractivity contribution in [1.82, 2.24) is 10.2 Å². The number of rotatable bonds is 3. The Morgan fingerprint density at radius 3 is 2.58 bits per heavy atom. The predicted molar refractivity (Wildman–Crippen MR) is 98.3 cm³/mol. The zero-order valence-electron chi connectivity index (χ0n) is 13.4. The van der Waals surface area contributed by atoms with Gasteiger partial charge in [-0.2, -0.15) is 0 Å². The van der Waals surface area contributed by atoms with E-state index in [0.717, 1.165) is 17.9 Å². The molecule has 4 nitrogen and oxygen atoms in total. The molecule has 0 aliphatic carbocycles. The second-order valence-electron chi connectivity index (χ2n) is 5.47. The number of amides is 1. The van der Waals surface area contributed by atoms with Crippen LogP contribution in [0.5, 0.6) is 5.75 Å². The minimum Gasteiger partial charge on any atom is -0.497 e. The van der Waals surface area contributed by atoms with Crippen molar-refractivity contribution in [1.29, 1.82) is 0 Å². The second kappa shape index (κ2) is 8.38. The van der Waals surface area contributed by atoms with Crippen LogP contribution >= 0.6 is 24.0 Å². The molecule has 2 aromatic rings. The number of carbonyl (C=O) groups excluding carboxylic acids is 1. The van der Waals surface area contributed by atoms with E-state index >= 15 is 0 Å². The van der Waals surface area contributed by atoms with Crippen molar-refractivity contribution in [3.63, 3.8) is 0 Å². The van der Waals surface area contributed by atoms with Gasteiger partial charge in [0.25, 0.3) is 5.91 Å². The zero-order chi connectivity index (χ0) is 16.2. The van der Waals surface area contributed by atoms with Crippen LogP contribution in [0, 0.1) is 0 Å². The Morgan fingerprint density at radius 2 is 1.92 bits per heavy atom. The number of methoxy groups -OCH3 is 1. The molecule has 0 bridgehead atoms. The van der Waals surface area contributed by atoms with Gasteiger partial charge < -0.3 is 15.0 Å². The fraction of sp³-hybridized carbons (Fsp3) is 0.278. The van der Waals surface area contributed by atoms with Crippen molar-refractivity contribution in [2.45, 2.75) is 6.04 Å². The highest BCUT2D eigenvalue weighted by Gasteiger charge is 2.29. The third-order valence-electron chi connectivity index (χ3n) is 4.11. The number of piperazine rings is 1. The van der Waals surface area contributed by atoms with Crippen LogP contribution in [0.4, 0.5) is 0 Å². The fourth-order valence-corrected chi connectivity index (χ4v) is 3.13. The lowest BCUT2D eigenvalue weighted by atomic mass is 10.0. The first-order valence-corrected chi connectivity index (χ1v) is 7.98. The number of nitrogens with one attached hydrogen (secondary N) is 1. The summed E-state index contributed by atoms with van der Waals surface area (Å²) in [4.78, 5) is 14.8. The van der Waals surface area contributed by atoms with E-state index in [0.29, 0.717) is 23.7 Å². The van der Waals surface area contributed by atoms with Crippen molar-refractivity contribution in [2.24, 2.45) is 0 Å². The summed E-state index contributed by atoms with van der Waals surface area (Å²) in [6.07, 6.45) is 0. The first kappa shape index (κ1) is 18.6. The van der Waals surface area contributed by atoms with Crippen LogP contribution < -0.4 is 10.1 Å². The Labute approximate surface area is 153 Å². The van der Waals surface area contributed by atoms with E-state index in [2.05, 4.69) is 5.32 Å². The highest BCUT2D eigenvalue weighted by Crippen LogP contribution is 2.29. The molecule has 1 unspecified atom stereocenters. The topological polar surface area (TPSA) is 41.6 Å². The molecule has 1 N–H and O–H groups in total. The average Bonchev–Trinajstić information content (AvgIpc) is 2.62. The molecule has 2 aromatic carbocycles. The summed E-state index contributed by atoms with van der Waals surface area (Å²) in [5.74, 6) is 0.753. The van der Waals surface area contributed by atoms with Crippen LogP contribution in [-0.2, 0) is 0 Å². The molecule has 0 aromatic heterocycles. The first-order chi connectivity index (χ1) is 11.2. The molecule has 1 amide bonds. The van der Waals surface area contributed by atoms with Crippen molar-refractivity contribution in [3.05, 3.63) is 64.7 Å². The van der Waals surface area contributed by atoms with Gasteiger partial charge in [0.2, 0.25) is 0 Å². The van der Waals surface area contributed by atoms with Gasteiger partial charge in [-0.05, 0) is 35.9 Å². The molecule has 128 valence electrons. The normalized spacial score (nSPS) is 17.1. The van der Waals surface area contributed by atoms with Crippen LogP contribution in [0.15, 0.2) is 48.5 Å². The maximum absolute atomic E-state index is 12.9. The second-order valence-corrected chi connectivity index (χ2v) is 5.88. The summed E-state index contributed by atoms with van der Waals surface area (Å²) in [5.41, 5.74) is 1.63. The number of nitrogens with zero attached hydrogens (tertiary/aromatic N) is 1. The SMILES string of the molecule is COc1ccc(C(=O)N2CCNCC2c2ccccc2Cl)cc1.Cl. The lowest BCUT2D eigenvalue weighted by molar-refractivity contribution is 0.0634. The molecular formula is C18H20Cl2N2O2. The largest absolute Gasteiger partial charge is 0.497 e. The van der Waals surface area contributed by atoms with Gasteiger partial charge in [0, 0.05) is 30.2 Å². The Kier molecular flexibility index (Phi) is 6.49. The van der Waals surface area contributed by atoms with Crippen molar-refractivity contribution < 1.29 is 9.53 Å². The summed E-state index contributed by atoms with van der Waals surface area (Å²) in [7, 11) is 1.61. The summed E-state index contributed by atoms with van der Waals surface area (Å²) >= 11 is 6.33. The van der Waals surface area contributed by atoms with Crippen LogP contribution in [0.2, 0.25) is 5.02 Å². The smallest absolute Gasteiger partial charge is 0.254 e. The molecule has 3 rings (SSSR count). The van der Waals surface area contributed by atoms with Crippen molar-refractivity contribution in [2.75, 3.05) is 26.7 Å². The molecule has 1 saturated heterocycles. The fourth-order valence-electron chi connectivity index (χ4n) is 2.87. The highest BCUT2D eigenvalue weighted by molar-refractivity contribution is 6.31. The Hall–Kier alpha value is -1.75. The Morgan fingerprint density at radius 1 is 1.21 bits per heavy atom.